The smallest absolute Gasteiger partial charge is 0.264 e. The third kappa shape index (κ3) is 2.67. The van der Waals surface area contributed by atoms with E-state index < -0.39 is 10.0 Å². The van der Waals surface area contributed by atoms with E-state index >= 15 is 0 Å². The predicted octanol–water partition coefficient (Wildman–Crippen LogP) is 0.255. The van der Waals surface area contributed by atoms with Gasteiger partial charge in [-0.1, -0.05) is 0 Å². The van der Waals surface area contributed by atoms with Gasteiger partial charge in [0.25, 0.3) is 10.0 Å². The van der Waals surface area contributed by atoms with Crippen molar-refractivity contribution in [2.75, 3.05) is 10.5 Å². The van der Waals surface area contributed by atoms with Crippen molar-refractivity contribution in [3.63, 3.8) is 0 Å². The molecule has 2 rings (SSSR count). The maximum absolute atomic E-state index is 11.9. The Kier molecular flexibility index (Phi) is 2.88. The van der Waals surface area contributed by atoms with Gasteiger partial charge in [0, 0.05) is 18.6 Å². The van der Waals surface area contributed by atoms with Gasteiger partial charge in [-0.05, 0) is 12.1 Å². The second kappa shape index (κ2) is 4.34. The van der Waals surface area contributed by atoms with Crippen LogP contribution >= 0.6 is 0 Å². The Morgan fingerprint density at radius 1 is 1.12 bits per heavy atom. The zero-order chi connectivity index (χ0) is 12.3. The van der Waals surface area contributed by atoms with E-state index in [1.165, 1.54) is 36.9 Å². The minimum atomic E-state index is -3.70. The number of sulfonamides is 1. The second-order valence-corrected chi connectivity index (χ2v) is 4.80. The largest absolute Gasteiger partial charge is 0.384 e. The van der Waals surface area contributed by atoms with E-state index in [2.05, 4.69) is 19.7 Å². The molecular weight excluding hydrogens is 242 g/mol. The highest BCUT2D eigenvalue weighted by molar-refractivity contribution is 7.92. The van der Waals surface area contributed by atoms with Gasteiger partial charge in [-0.3, -0.25) is 9.71 Å². The Balaban J connectivity index is 2.29. The summed E-state index contributed by atoms with van der Waals surface area (Å²) in [6, 6.07) is 2.77. The van der Waals surface area contributed by atoms with E-state index in [1.807, 2.05) is 0 Å². The highest BCUT2D eigenvalue weighted by Crippen LogP contribution is 2.12. The van der Waals surface area contributed by atoms with Crippen LogP contribution in [0.5, 0.6) is 0 Å². The maximum atomic E-state index is 11.9. The molecule has 88 valence electrons. The Hall–Kier alpha value is -2.22. The minimum absolute atomic E-state index is 0.0114. The number of hydrogen-bond donors (Lipinski definition) is 2. The number of pyridine rings is 1. The molecule has 0 aliphatic rings. The first-order valence-electron chi connectivity index (χ1n) is 4.58. The summed E-state index contributed by atoms with van der Waals surface area (Å²) in [7, 11) is -3.70. The standard InChI is InChI=1S/C9H9N5O2S/c10-8-2-1-7(5-13-8)17(15,16)14-9-6-11-3-4-12-9/h1-6H,(H2,10,13)(H,12,14). The van der Waals surface area contributed by atoms with Crippen molar-refractivity contribution in [1.82, 2.24) is 15.0 Å². The van der Waals surface area contributed by atoms with E-state index in [1.54, 1.807) is 0 Å². The summed E-state index contributed by atoms with van der Waals surface area (Å²) >= 11 is 0. The van der Waals surface area contributed by atoms with Crippen LogP contribution in [0.4, 0.5) is 11.6 Å². The van der Waals surface area contributed by atoms with Crippen LogP contribution in [0.1, 0.15) is 0 Å². The summed E-state index contributed by atoms with van der Waals surface area (Å²) in [6.45, 7) is 0. The lowest BCUT2D eigenvalue weighted by molar-refractivity contribution is 0.600. The average Bonchev–Trinajstić information content (AvgIpc) is 2.30. The molecule has 0 aliphatic carbocycles. The molecule has 0 unspecified atom stereocenters. The molecule has 0 saturated heterocycles. The summed E-state index contributed by atoms with van der Waals surface area (Å²) in [4.78, 5) is 11.3. The van der Waals surface area contributed by atoms with Crippen LogP contribution in [0.25, 0.3) is 0 Å². The molecular formula is C9H9N5O2S. The average molecular weight is 251 g/mol. The van der Waals surface area contributed by atoms with Crippen molar-refractivity contribution in [1.29, 1.82) is 0 Å². The normalized spacial score (nSPS) is 11.1. The summed E-state index contributed by atoms with van der Waals surface area (Å²) in [5, 5.41) is 0. The molecule has 0 spiro atoms. The molecule has 2 aromatic heterocycles. The maximum Gasteiger partial charge on any atom is 0.264 e. The van der Waals surface area contributed by atoms with Crippen LogP contribution in [0.2, 0.25) is 0 Å². The van der Waals surface area contributed by atoms with Gasteiger partial charge in [0.1, 0.15) is 10.7 Å². The van der Waals surface area contributed by atoms with Crippen LogP contribution in [0, 0.1) is 0 Å². The van der Waals surface area contributed by atoms with Crippen molar-refractivity contribution in [2.45, 2.75) is 4.90 Å². The zero-order valence-electron chi connectivity index (χ0n) is 8.61. The molecule has 0 aliphatic heterocycles. The van der Waals surface area contributed by atoms with Crippen molar-refractivity contribution in [2.24, 2.45) is 0 Å². The van der Waals surface area contributed by atoms with Gasteiger partial charge in [-0.25, -0.2) is 18.4 Å². The van der Waals surface area contributed by atoms with Crippen molar-refractivity contribution in [3.05, 3.63) is 36.9 Å². The number of nitrogen functional groups attached to an aromatic ring is 1. The first-order chi connectivity index (χ1) is 8.08. The molecule has 8 heteroatoms. The minimum Gasteiger partial charge on any atom is -0.384 e. The number of hydrogen-bond acceptors (Lipinski definition) is 6. The molecule has 0 amide bonds. The number of nitrogens with two attached hydrogens (primary N) is 1. The van der Waals surface area contributed by atoms with Crippen LogP contribution in [0.15, 0.2) is 41.8 Å². The summed E-state index contributed by atoms with van der Waals surface area (Å²) < 4.78 is 26.0. The Bertz CT molecular complexity index is 597. The third-order valence-electron chi connectivity index (χ3n) is 1.87. The number of rotatable bonds is 3. The number of nitrogens with zero attached hydrogens (tertiary/aromatic N) is 3. The van der Waals surface area contributed by atoms with E-state index in [9.17, 15) is 8.42 Å². The van der Waals surface area contributed by atoms with Gasteiger partial charge in [-0.2, -0.15) is 0 Å². The fourth-order valence-corrected chi connectivity index (χ4v) is 2.04. The molecule has 7 nitrogen and oxygen atoms in total. The zero-order valence-corrected chi connectivity index (χ0v) is 9.42. The Morgan fingerprint density at radius 2 is 1.94 bits per heavy atom. The van der Waals surface area contributed by atoms with Crippen LogP contribution in [0.3, 0.4) is 0 Å². The summed E-state index contributed by atoms with van der Waals surface area (Å²) in [5.41, 5.74) is 5.37. The van der Waals surface area contributed by atoms with E-state index in [-0.39, 0.29) is 16.5 Å². The van der Waals surface area contributed by atoms with E-state index in [4.69, 9.17) is 5.73 Å². The van der Waals surface area contributed by atoms with Gasteiger partial charge in [0.05, 0.1) is 6.20 Å². The number of nitrogens with one attached hydrogen (secondary N) is 1. The number of aromatic nitrogens is 3. The topological polar surface area (TPSA) is 111 Å². The molecule has 0 aromatic carbocycles. The predicted molar refractivity (Wildman–Crippen MR) is 61.5 cm³/mol. The van der Waals surface area contributed by atoms with Crippen molar-refractivity contribution in [3.8, 4) is 0 Å². The highest BCUT2D eigenvalue weighted by atomic mass is 32.2. The lowest BCUT2D eigenvalue weighted by atomic mass is 10.5. The third-order valence-corrected chi connectivity index (χ3v) is 3.21. The van der Waals surface area contributed by atoms with E-state index in [0.29, 0.717) is 0 Å². The second-order valence-electron chi connectivity index (χ2n) is 3.11. The van der Waals surface area contributed by atoms with Crippen molar-refractivity contribution >= 4 is 21.7 Å². The lowest BCUT2D eigenvalue weighted by Gasteiger charge is -2.06. The Labute approximate surface area is 97.8 Å². The fraction of sp³-hybridized carbons (Fsp3) is 0. The van der Waals surface area contributed by atoms with Gasteiger partial charge in [0.15, 0.2) is 5.82 Å². The molecule has 3 N–H and O–H groups in total. The fourth-order valence-electron chi connectivity index (χ4n) is 1.10. The molecule has 0 saturated carbocycles. The molecule has 17 heavy (non-hydrogen) atoms. The van der Waals surface area contributed by atoms with Gasteiger partial charge < -0.3 is 5.73 Å². The summed E-state index contributed by atoms with van der Waals surface area (Å²) in [6.07, 6.45) is 5.32. The van der Waals surface area contributed by atoms with Crippen LogP contribution in [-0.4, -0.2) is 23.4 Å². The number of anilines is 2. The molecule has 0 bridgehead atoms. The first kappa shape index (κ1) is 11.3. The van der Waals surface area contributed by atoms with Gasteiger partial charge >= 0.3 is 0 Å². The van der Waals surface area contributed by atoms with E-state index in [0.717, 1.165) is 0 Å². The summed E-state index contributed by atoms with van der Waals surface area (Å²) in [5.74, 6) is 0.396. The first-order valence-corrected chi connectivity index (χ1v) is 6.06. The monoisotopic (exact) mass is 251 g/mol. The molecule has 2 heterocycles. The van der Waals surface area contributed by atoms with Crippen molar-refractivity contribution < 1.29 is 8.42 Å². The molecule has 2 aromatic rings. The van der Waals surface area contributed by atoms with Gasteiger partial charge in [0.2, 0.25) is 0 Å². The van der Waals surface area contributed by atoms with Crippen LogP contribution < -0.4 is 10.5 Å². The molecule has 0 radical (unpaired) electrons. The lowest BCUT2D eigenvalue weighted by Crippen LogP contribution is -2.14. The van der Waals surface area contributed by atoms with Crippen LogP contribution in [-0.2, 0) is 10.0 Å². The SMILES string of the molecule is Nc1ccc(S(=O)(=O)Nc2cnccn2)cn1. The highest BCUT2D eigenvalue weighted by Gasteiger charge is 2.14. The van der Waals surface area contributed by atoms with Gasteiger partial charge in [-0.15, -0.1) is 0 Å². The Morgan fingerprint density at radius 3 is 2.53 bits per heavy atom. The molecule has 0 fully saturated rings. The quantitative estimate of drug-likeness (QED) is 0.809. The molecule has 0 atom stereocenters.